The maximum atomic E-state index is 11.5. The van der Waals surface area contributed by atoms with Crippen molar-refractivity contribution in [2.75, 3.05) is 20.1 Å². The van der Waals surface area contributed by atoms with Crippen molar-refractivity contribution in [3.63, 3.8) is 0 Å². The van der Waals surface area contributed by atoms with Gasteiger partial charge in [0.1, 0.15) is 0 Å². The van der Waals surface area contributed by atoms with Crippen molar-refractivity contribution in [3.8, 4) is 0 Å². The fourth-order valence-electron chi connectivity index (χ4n) is 3.64. The first-order chi connectivity index (χ1) is 9.12. The second-order valence-corrected chi connectivity index (χ2v) is 6.09. The van der Waals surface area contributed by atoms with Crippen LogP contribution in [0.25, 0.3) is 0 Å². The first-order valence-corrected chi connectivity index (χ1v) is 6.87. The molecule has 0 saturated carbocycles. The molecule has 1 saturated heterocycles. The van der Waals surface area contributed by atoms with E-state index in [2.05, 4.69) is 11.9 Å². The number of amides is 1. The van der Waals surface area contributed by atoms with Gasteiger partial charge in [0.15, 0.2) is 0 Å². The minimum Gasteiger partial charge on any atom is -0.306 e. The van der Waals surface area contributed by atoms with Crippen LogP contribution in [-0.2, 0) is 12.8 Å². The summed E-state index contributed by atoms with van der Waals surface area (Å²) in [7, 11) is 2.18. The number of likely N-dealkylation sites (tertiary alicyclic amines) is 1. The molecule has 1 aliphatic carbocycles. The summed E-state index contributed by atoms with van der Waals surface area (Å²) in [5.41, 5.74) is 5.29. The molecule has 19 heavy (non-hydrogen) atoms. The molecule has 1 aliphatic heterocycles. The Hall–Kier alpha value is -1.39. The van der Waals surface area contributed by atoms with E-state index >= 15 is 0 Å². The number of nitrogens with zero attached hydrogens (tertiary/aromatic N) is 1. The summed E-state index contributed by atoms with van der Waals surface area (Å²) in [5.74, 6) is -0.425. The normalized spacial score (nSPS) is 26.4. The third kappa shape index (κ3) is 2.26. The monoisotopic (exact) mass is 260 g/mol. The number of hydrogen-bond acceptors (Lipinski definition) is 3. The zero-order chi connectivity index (χ0) is 13.5. The third-order valence-electron chi connectivity index (χ3n) is 4.69. The zero-order valence-electron chi connectivity index (χ0n) is 11.3. The third-order valence-corrected chi connectivity index (χ3v) is 4.69. The molecule has 0 aromatic heterocycles. The Labute approximate surface area is 113 Å². The Morgan fingerprint density at radius 2 is 2.21 bits per heavy atom. The zero-order valence-corrected chi connectivity index (χ0v) is 11.3. The topological polar surface area (TPSA) is 52.6 Å². The molecule has 1 atom stereocenters. The van der Waals surface area contributed by atoms with Gasteiger partial charge in [-0.05, 0) is 68.0 Å². The lowest BCUT2D eigenvalue weighted by Crippen LogP contribution is -2.32. The maximum Gasteiger partial charge on any atom is 0.274 e. The minimum atomic E-state index is -0.425. The van der Waals surface area contributed by atoms with Gasteiger partial charge in [-0.2, -0.15) is 0 Å². The summed E-state index contributed by atoms with van der Waals surface area (Å²) in [6.45, 7) is 2.33. The number of hydroxylamine groups is 1. The van der Waals surface area contributed by atoms with Crippen molar-refractivity contribution in [3.05, 3.63) is 34.9 Å². The van der Waals surface area contributed by atoms with Gasteiger partial charge in [0, 0.05) is 12.1 Å². The van der Waals surface area contributed by atoms with E-state index in [1.807, 2.05) is 12.1 Å². The van der Waals surface area contributed by atoms with Crippen LogP contribution in [0.1, 0.15) is 34.3 Å². The molecule has 1 unspecified atom stereocenters. The molecule has 3 rings (SSSR count). The number of fused-ring (bicyclic) bond motifs is 1. The van der Waals surface area contributed by atoms with E-state index in [1.54, 1.807) is 11.5 Å². The van der Waals surface area contributed by atoms with Gasteiger partial charge in [0.25, 0.3) is 5.91 Å². The molecule has 2 aliphatic rings. The molecule has 1 aromatic carbocycles. The average Bonchev–Trinajstić information content (AvgIpc) is 2.78. The van der Waals surface area contributed by atoms with Gasteiger partial charge >= 0.3 is 0 Å². The Morgan fingerprint density at radius 1 is 1.37 bits per heavy atom. The smallest absolute Gasteiger partial charge is 0.274 e. The van der Waals surface area contributed by atoms with Crippen molar-refractivity contribution in [2.24, 2.45) is 5.41 Å². The molecular formula is C15H20N2O2. The van der Waals surface area contributed by atoms with Crippen molar-refractivity contribution < 1.29 is 10.0 Å². The number of carbonyl (C=O) groups is 1. The molecule has 1 heterocycles. The Bertz CT molecular complexity index is 515. The largest absolute Gasteiger partial charge is 0.306 e. The van der Waals surface area contributed by atoms with E-state index in [0.29, 0.717) is 11.0 Å². The van der Waals surface area contributed by atoms with Crippen molar-refractivity contribution in [1.29, 1.82) is 0 Å². The second kappa shape index (κ2) is 4.62. The molecule has 4 nitrogen and oxygen atoms in total. The lowest BCUT2D eigenvalue weighted by atomic mass is 9.71. The number of hydrogen-bond donors (Lipinski definition) is 2. The van der Waals surface area contributed by atoms with Crippen LogP contribution in [0.4, 0.5) is 0 Å². The molecule has 0 radical (unpaired) electrons. The van der Waals surface area contributed by atoms with E-state index in [-0.39, 0.29) is 0 Å². The summed E-state index contributed by atoms with van der Waals surface area (Å²) in [5, 5.41) is 8.73. The quantitative estimate of drug-likeness (QED) is 0.596. The van der Waals surface area contributed by atoms with E-state index < -0.39 is 5.91 Å². The molecule has 102 valence electrons. The number of rotatable bonds is 1. The van der Waals surface area contributed by atoms with Crippen LogP contribution in [0.3, 0.4) is 0 Å². The first-order valence-electron chi connectivity index (χ1n) is 6.87. The minimum absolute atomic E-state index is 0.399. The van der Waals surface area contributed by atoms with E-state index in [4.69, 9.17) is 5.21 Å². The SMILES string of the molecule is CN1CCC2(CCc3ccc(C(=O)NO)cc3C2)C1. The predicted octanol–water partition coefficient (Wildman–Crippen LogP) is 1.62. The van der Waals surface area contributed by atoms with Crippen LogP contribution in [-0.4, -0.2) is 36.2 Å². The molecule has 1 fully saturated rings. The second-order valence-electron chi connectivity index (χ2n) is 6.09. The van der Waals surface area contributed by atoms with Crippen LogP contribution in [0.5, 0.6) is 0 Å². The highest BCUT2D eigenvalue weighted by Gasteiger charge is 2.39. The van der Waals surface area contributed by atoms with Gasteiger partial charge in [0.05, 0.1) is 0 Å². The molecule has 1 spiro atoms. The molecule has 2 N–H and O–H groups in total. The van der Waals surface area contributed by atoms with Crippen LogP contribution in [0.15, 0.2) is 18.2 Å². The van der Waals surface area contributed by atoms with Crippen molar-refractivity contribution in [2.45, 2.75) is 25.7 Å². The fourth-order valence-corrected chi connectivity index (χ4v) is 3.64. The Morgan fingerprint density at radius 3 is 2.89 bits per heavy atom. The summed E-state index contributed by atoms with van der Waals surface area (Å²) in [6.07, 6.45) is 4.65. The van der Waals surface area contributed by atoms with E-state index in [0.717, 1.165) is 19.4 Å². The van der Waals surface area contributed by atoms with Crippen LogP contribution >= 0.6 is 0 Å². The summed E-state index contributed by atoms with van der Waals surface area (Å²) in [6, 6.07) is 5.77. The summed E-state index contributed by atoms with van der Waals surface area (Å²) in [4.78, 5) is 13.9. The highest BCUT2D eigenvalue weighted by Crippen LogP contribution is 2.42. The van der Waals surface area contributed by atoms with Gasteiger partial charge in [-0.25, -0.2) is 5.48 Å². The van der Waals surface area contributed by atoms with Crippen molar-refractivity contribution in [1.82, 2.24) is 10.4 Å². The van der Waals surface area contributed by atoms with Crippen LogP contribution < -0.4 is 5.48 Å². The molecule has 4 heteroatoms. The summed E-state index contributed by atoms with van der Waals surface area (Å²) < 4.78 is 0. The highest BCUT2D eigenvalue weighted by molar-refractivity contribution is 5.93. The van der Waals surface area contributed by atoms with Crippen LogP contribution in [0.2, 0.25) is 0 Å². The molecule has 0 bridgehead atoms. The van der Waals surface area contributed by atoms with E-state index in [9.17, 15) is 4.79 Å². The number of nitrogens with one attached hydrogen (secondary N) is 1. The standard InChI is InChI=1S/C15H20N2O2/c1-17-7-6-15(10-17)5-4-11-2-3-12(14(18)16-19)8-13(11)9-15/h2-3,8,19H,4-7,9-10H2,1H3,(H,16,18). The fraction of sp³-hybridized carbons (Fsp3) is 0.533. The van der Waals surface area contributed by atoms with Gasteiger partial charge in [-0.1, -0.05) is 6.07 Å². The Kier molecular flexibility index (Phi) is 3.07. The summed E-state index contributed by atoms with van der Waals surface area (Å²) >= 11 is 0. The van der Waals surface area contributed by atoms with Crippen molar-refractivity contribution >= 4 is 5.91 Å². The maximum absolute atomic E-state index is 11.5. The molecular weight excluding hydrogens is 240 g/mol. The van der Waals surface area contributed by atoms with Gasteiger partial charge < -0.3 is 4.90 Å². The number of benzene rings is 1. The van der Waals surface area contributed by atoms with Gasteiger partial charge in [0.2, 0.25) is 0 Å². The van der Waals surface area contributed by atoms with Gasteiger partial charge in [-0.3, -0.25) is 10.0 Å². The number of carbonyl (C=O) groups excluding carboxylic acids is 1. The van der Waals surface area contributed by atoms with Crippen LogP contribution in [0, 0.1) is 5.41 Å². The lowest BCUT2D eigenvalue weighted by molar-refractivity contribution is 0.0706. The average molecular weight is 260 g/mol. The number of aryl methyl sites for hydroxylation is 1. The molecule has 1 aromatic rings. The Balaban J connectivity index is 1.88. The lowest BCUT2D eigenvalue weighted by Gasteiger charge is -2.34. The highest BCUT2D eigenvalue weighted by atomic mass is 16.5. The van der Waals surface area contributed by atoms with E-state index in [1.165, 1.54) is 30.5 Å². The molecule has 1 amide bonds. The predicted molar refractivity (Wildman–Crippen MR) is 72.3 cm³/mol. The first kappa shape index (κ1) is 12.6. The van der Waals surface area contributed by atoms with Gasteiger partial charge in [-0.15, -0.1) is 0 Å².